The van der Waals surface area contributed by atoms with Crippen molar-refractivity contribution in [1.29, 1.82) is 0 Å². The first kappa shape index (κ1) is 11.8. The van der Waals surface area contributed by atoms with Gasteiger partial charge < -0.3 is 11.1 Å². The van der Waals surface area contributed by atoms with E-state index in [9.17, 15) is 4.79 Å². The SMILES string of the molecule is NCC1(C(=O)Nc2ccc(-n3cnnn3)cc2)CC1. The second-order valence-corrected chi connectivity index (χ2v) is 4.74. The molecule has 1 heterocycles. The molecule has 0 saturated heterocycles. The smallest absolute Gasteiger partial charge is 0.231 e. The first-order valence-corrected chi connectivity index (χ1v) is 6.08. The van der Waals surface area contributed by atoms with Crippen LogP contribution >= 0.6 is 0 Å². The summed E-state index contributed by atoms with van der Waals surface area (Å²) in [7, 11) is 0. The Balaban J connectivity index is 1.71. The lowest BCUT2D eigenvalue weighted by Crippen LogP contribution is -2.30. The molecule has 98 valence electrons. The van der Waals surface area contributed by atoms with Gasteiger partial charge in [-0.3, -0.25) is 4.79 Å². The molecule has 7 nitrogen and oxygen atoms in total. The van der Waals surface area contributed by atoms with Crippen LogP contribution in [0.5, 0.6) is 0 Å². The molecule has 0 bridgehead atoms. The number of tetrazole rings is 1. The largest absolute Gasteiger partial charge is 0.329 e. The number of hydrogen-bond acceptors (Lipinski definition) is 5. The van der Waals surface area contributed by atoms with Crippen molar-refractivity contribution < 1.29 is 4.79 Å². The van der Waals surface area contributed by atoms with Gasteiger partial charge in [0.25, 0.3) is 0 Å². The minimum atomic E-state index is -0.339. The number of amides is 1. The summed E-state index contributed by atoms with van der Waals surface area (Å²) in [4.78, 5) is 12.0. The summed E-state index contributed by atoms with van der Waals surface area (Å²) in [5, 5.41) is 13.8. The number of nitrogens with two attached hydrogens (primary N) is 1. The highest BCUT2D eigenvalue weighted by molar-refractivity contribution is 5.97. The van der Waals surface area contributed by atoms with Gasteiger partial charge in [0.1, 0.15) is 6.33 Å². The van der Waals surface area contributed by atoms with Gasteiger partial charge in [-0.2, -0.15) is 0 Å². The van der Waals surface area contributed by atoms with Gasteiger partial charge in [-0.1, -0.05) is 0 Å². The standard InChI is InChI=1S/C12H14N6O/c13-7-12(5-6-12)11(19)15-9-1-3-10(4-2-9)18-8-14-16-17-18/h1-4,8H,5-7,13H2,(H,15,19). The van der Waals surface area contributed by atoms with Crippen LogP contribution in [0.25, 0.3) is 5.69 Å². The van der Waals surface area contributed by atoms with Gasteiger partial charge in [-0.15, -0.1) is 5.10 Å². The third-order valence-electron chi connectivity index (χ3n) is 3.46. The zero-order chi connectivity index (χ0) is 13.3. The molecule has 0 spiro atoms. The molecule has 0 atom stereocenters. The molecule has 19 heavy (non-hydrogen) atoms. The maximum absolute atomic E-state index is 12.0. The predicted octanol–water partition coefficient (Wildman–Crippen LogP) is 0.340. The molecule has 1 aliphatic carbocycles. The molecule has 1 amide bonds. The highest BCUT2D eigenvalue weighted by Gasteiger charge is 2.48. The van der Waals surface area contributed by atoms with Crippen LogP contribution in [0, 0.1) is 5.41 Å². The van der Waals surface area contributed by atoms with Crippen LogP contribution in [0.2, 0.25) is 0 Å². The number of carbonyl (C=O) groups excluding carboxylic acids is 1. The van der Waals surface area contributed by atoms with Crippen molar-refractivity contribution in [2.75, 3.05) is 11.9 Å². The van der Waals surface area contributed by atoms with Crippen molar-refractivity contribution in [2.24, 2.45) is 11.1 Å². The average molecular weight is 258 g/mol. The van der Waals surface area contributed by atoms with Gasteiger partial charge in [0.05, 0.1) is 11.1 Å². The summed E-state index contributed by atoms with van der Waals surface area (Å²) >= 11 is 0. The Bertz CT molecular complexity index is 573. The van der Waals surface area contributed by atoms with E-state index in [1.165, 1.54) is 6.33 Å². The molecule has 1 aliphatic rings. The number of benzene rings is 1. The monoisotopic (exact) mass is 258 g/mol. The Morgan fingerprint density at radius 3 is 2.63 bits per heavy atom. The molecule has 1 aromatic heterocycles. The van der Waals surface area contributed by atoms with Gasteiger partial charge in [0.15, 0.2) is 0 Å². The summed E-state index contributed by atoms with van der Waals surface area (Å²) < 4.78 is 1.55. The molecular weight excluding hydrogens is 244 g/mol. The maximum atomic E-state index is 12.0. The summed E-state index contributed by atoms with van der Waals surface area (Å²) in [6.07, 6.45) is 3.26. The molecule has 3 N–H and O–H groups in total. The minimum Gasteiger partial charge on any atom is -0.329 e. The third kappa shape index (κ3) is 2.19. The molecule has 1 fully saturated rings. The summed E-state index contributed by atoms with van der Waals surface area (Å²) in [5.74, 6) is 0.00479. The summed E-state index contributed by atoms with van der Waals surface area (Å²) in [6, 6.07) is 7.32. The van der Waals surface area contributed by atoms with Crippen LogP contribution in [-0.2, 0) is 4.79 Å². The fourth-order valence-electron chi connectivity index (χ4n) is 1.92. The van der Waals surface area contributed by atoms with Crippen LogP contribution in [0.1, 0.15) is 12.8 Å². The van der Waals surface area contributed by atoms with Crippen LogP contribution in [0.3, 0.4) is 0 Å². The Kier molecular flexibility index (Phi) is 2.75. The van der Waals surface area contributed by atoms with E-state index in [4.69, 9.17) is 5.73 Å². The first-order valence-electron chi connectivity index (χ1n) is 6.08. The molecule has 3 rings (SSSR count). The lowest BCUT2D eigenvalue weighted by molar-refractivity contribution is -0.120. The van der Waals surface area contributed by atoms with E-state index in [1.54, 1.807) is 4.68 Å². The summed E-state index contributed by atoms with van der Waals surface area (Å²) in [5.41, 5.74) is 6.87. The topological polar surface area (TPSA) is 98.7 Å². The van der Waals surface area contributed by atoms with Crippen LogP contribution < -0.4 is 11.1 Å². The predicted molar refractivity (Wildman–Crippen MR) is 68.5 cm³/mol. The zero-order valence-electron chi connectivity index (χ0n) is 10.3. The van der Waals surface area contributed by atoms with E-state index in [2.05, 4.69) is 20.8 Å². The lowest BCUT2D eigenvalue weighted by Gasteiger charge is -2.12. The van der Waals surface area contributed by atoms with E-state index >= 15 is 0 Å². The summed E-state index contributed by atoms with van der Waals surface area (Å²) in [6.45, 7) is 0.404. The normalized spacial score (nSPS) is 16.1. The van der Waals surface area contributed by atoms with Crippen molar-refractivity contribution in [1.82, 2.24) is 20.2 Å². The molecule has 0 radical (unpaired) electrons. The van der Waals surface area contributed by atoms with Gasteiger partial charge in [-0.25, -0.2) is 4.68 Å². The van der Waals surface area contributed by atoms with Crippen molar-refractivity contribution in [3.63, 3.8) is 0 Å². The van der Waals surface area contributed by atoms with Gasteiger partial charge in [-0.05, 0) is 47.5 Å². The fraction of sp³-hybridized carbons (Fsp3) is 0.333. The number of nitrogens with zero attached hydrogens (tertiary/aromatic N) is 4. The Labute approximate surface area is 109 Å². The maximum Gasteiger partial charge on any atom is 0.231 e. The number of hydrogen-bond donors (Lipinski definition) is 2. The van der Waals surface area contributed by atoms with Crippen molar-refractivity contribution in [3.8, 4) is 5.69 Å². The van der Waals surface area contributed by atoms with E-state index in [-0.39, 0.29) is 11.3 Å². The van der Waals surface area contributed by atoms with E-state index in [0.717, 1.165) is 24.2 Å². The van der Waals surface area contributed by atoms with Crippen LogP contribution in [0.4, 0.5) is 5.69 Å². The van der Waals surface area contributed by atoms with Crippen molar-refractivity contribution in [2.45, 2.75) is 12.8 Å². The molecular formula is C12H14N6O. The van der Waals surface area contributed by atoms with Gasteiger partial charge in [0, 0.05) is 12.2 Å². The van der Waals surface area contributed by atoms with E-state index < -0.39 is 0 Å². The Hall–Kier alpha value is -2.28. The number of rotatable bonds is 4. The van der Waals surface area contributed by atoms with Gasteiger partial charge >= 0.3 is 0 Å². The van der Waals surface area contributed by atoms with E-state index in [0.29, 0.717) is 6.54 Å². The number of aromatic nitrogens is 4. The van der Waals surface area contributed by atoms with E-state index in [1.807, 2.05) is 24.3 Å². The molecule has 1 saturated carbocycles. The highest BCUT2D eigenvalue weighted by atomic mass is 16.2. The molecule has 0 aliphatic heterocycles. The second kappa shape index (κ2) is 4.43. The van der Waals surface area contributed by atoms with Crippen LogP contribution in [0.15, 0.2) is 30.6 Å². The average Bonchev–Trinajstić information content (AvgIpc) is 3.06. The molecule has 7 heteroatoms. The quantitative estimate of drug-likeness (QED) is 0.824. The fourth-order valence-corrected chi connectivity index (χ4v) is 1.92. The third-order valence-corrected chi connectivity index (χ3v) is 3.46. The molecule has 1 aromatic carbocycles. The Morgan fingerprint density at radius 1 is 1.37 bits per heavy atom. The van der Waals surface area contributed by atoms with Crippen LogP contribution in [-0.4, -0.2) is 32.7 Å². The second-order valence-electron chi connectivity index (χ2n) is 4.74. The van der Waals surface area contributed by atoms with Gasteiger partial charge in [0.2, 0.25) is 5.91 Å². The Morgan fingerprint density at radius 2 is 2.11 bits per heavy atom. The lowest BCUT2D eigenvalue weighted by atomic mass is 10.1. The number of nitrogens with one attached hydrogen (secondary N) is 1. The first-order chi connectivity index (χ1) is 9.23. The highest BCUT2D eigenvalue weighted by Crippen LogP contribution is 2.45. The van der Waals surface area contributed by atoms with Crippen molar-refractivity contribution >= 4 is 11.6 Å². The zero-order valence-corrected chi connectivity index (χ0v) is 10.3. The molecule has 2 aromatic rings. The minimum absolute atomic E-state index is 0.00479. The molecule has 0 unspecified atom stereocenters. The number of carbonyl (C=O) groups is 1. The van der Waals surface area contributed by atoms with Crippen molar-refractivity contribution in [3.05, 3.63) is 30.6 Å². The number of anilines is 1.